The summed E-state index contributed by atoms with van der Waals surface area (Å²) in [6.07, 6.45) is 7.97. The zero-order valence-corrected chi connectivity index (χ0v) is 10.9. The standard InChI is InChI=1S/C12H23OSi/c1-4-12(5-2,6-3)10-8-7-9-11(13)14/h4-10H2,1-3H3. The van der Waals surface area contributed by atoms with E-state index in [0.717, 1.165) is 6.42 Å². The first-order valence-electron chi connectivity index (χ1n) is 5.84. The van der Waals surface area contributed by atoms with Crippen molar-refractivity contribution in [2.45, 2.75) is 65.7 Å². The number of hydrogen-bond acceptors (Lipinski definition) is 1. The van der Waals surface area contributed by atoms with Gasteiger partial charge in [-0.05, 0) is 18.3 Å². The molecule has 14 heavy (non-hydrogen) atoms. The van der Waals surface area contributed by atoms with Crippen LogP contribution in [0.15, 0.2) is 0 Å². The van der Waals surface area contributed by atoms with Crippen LogP contribution in [0.2, 0.25) is 0 Å². The fourth-order valence-corrected chi connectivity index (χ4v) is 2.24. The van der Waals surface area contributed by atoms with Gasteiger partial charge in [-0.2, -0.15) is 0 Å². The van der Waals surface area contributed by atoms with Gasteiger partial charge in [0.05, 0.1) is 0 Å². The van der Waals surface area contributed by atoms with Gasteiger partial charge in [-0.25, -0.2) is 0 Å². The predicted molar refractivity (Wildman–Crippen MR) is 62.5 cm³/mol. The van der Waals surface area contributed by atoms with Gasteiger partial charge in [0.2, 0.25) is 0 Å². The van der Waals surface area contributed by atoms with Crippen molar-refractivity contribution in [3.8, 4) is 0 Å². The highest BCUT2D eigenvalue weighted by Gasteiger charge is 2.22. The highest BCUT2D eigenvalue weighted by Crippen LogP contribution is 2.35. The SMILES string of the molecule is CCC(CC)(CC)CCCCC(=O)[Si]. The van der Waals surface area contributed by atoms with Crippen LogP contribution in [0.25, 0.3) is 0 Å². The molecule has 2 heteroatoms. The van der Waals surface area contributed by atoms with Gasteiger partial charge in [0, 0.05) is 6.42 Å². The molecular formula is C12H23OSi. The van der Waals surface area contributed by atoms with E-state index in [2.05, 4.69) is 31.0 Å². The number of rotatable bonds is 8. The molecule has 1 nitrogen and oxygen atoms in total. The number of carbonyl (C=O) groups is 1. The van der Waals surface area contributed by atoms with E-state index in [0.29, 0.717) is 11.8 Å². The summed E-state index contributed by atoms with van der Waals surface area (Å²) in [5.74, 6) is 0. The van der Waals surface area contributed by atoms with E-state index in [1.165, 1.54) is 32.1 Å². The van der Waals surface area contributed by atoms with Crippen molar-refractivity contribution in [1.82, 2.24) is 0 Å². The lowest BCUT2D eigenvalue weighted by Crippen LogP contribution is -2.17. The Morgan fingerprint density at radius 3 is 1.93 bits per heavy atom. The summed E-state index contributed by atoms with van der Waals surface area (Å²) in [6, 6.07) is 0. The maximum Gasteiger partial charge on any atom is 0.126 e. The third kappa shape index (κ3) is 4.94. The first-order valence-corrected chi connectivity index (χ1v) is 6.34. The quantitative estimate of drug-likeness (QED) is 0.444. The Morgan fingerprint density at radius 2 is 1.57 bits per heavy atom. The van der Waals surface area contributed by atoms with E-state index in [4.69, 9.17) is 0 Å². The smallest absolute Gasteiger partial charge is 0.126 e. The summed E-state index contributed by atoms with van der Waals surface area (Å²) in [5.41, 5.74) is 0.536. The summed E-state index contributed by atoms with van der Waals surface area (Å²) in [4.78, 5) is 10.7. The molecule has 0 aromatic rings. The van der Waals surface area contributed by atoms with Crippen molar-refractivity contribution in [3.63, 3.8) is 0 Å². The second-order valence-electron chi connectivity index (χ2n) is 4.19. The lowest BCUT2D eigenvalue weighted by atomic mass is 9.76. The number of hydrogen-bond donors (Lipinski definition) is 0. The van der Waals surface area contributed by atoms with Crippen LogP contribution in [0.4, 0.5) is 0 Å². The van der Waals surface area contributed by atoms with Gasteiger partial charge in [0.15, 0.2) is 0 Å². The van der Waals surface area contributed by atoms with E-state index >= 15 is 0 Å². The Balaban J connectivity index is 3.77. The molecule has 0 rings (SSSR count). The van der Waals surface area contributed by atoms with Crippen molar-refractivity contribution in [2.24, 2.45) is 5.41 Å². The lowest BCUT2D eigenvalue weighted by molar-refractivity contribution is -0.111. The molecule has 0 aromatic carbocycles. The van der Waals surface area contributed by atoms with E-state index in [1.807, 2.05) is 0 Å². The summed E-state index contributed by atoms with van der Waals surface area (Å²) >= 11 is 0. The molecule has 0 aliphatic rings. The van der Waals surface area contributed by atoms with Gasteiger partial charge >= 0.3 is 0 Å². The topological polar surface area (TPSA) is 17.1 Å². The Kier molecular flexibility index (Phi) is 7.16. The summed E-state index contributed by atoms with van der Waals surface area (Å²) in [6.45, 7) is 6.84. The highest BCUT2D eigenvalue weighted by molar-refractivity contribution is 6.57. The summed E-state index contributed by atoms with van der Waals surface area (Å²) < 4.78 is 0. The Hall–Kier alpha value is -0.113. The predicted octanol–water partition coefficient (Wildman–Crippen LogP) is 3.46. The van der Waals surface area contributed by atoms with Gasteiger partial charge in [0.1, 0.15) is 15.6 Å². The maximum atomic E-state index is 10.7. The second-order valence-corrected chi connectivity index (χ2v) is 4.75. The van der Waals surface area contributed by atoms with E-state index in [9.17, 15) is 4.79 Å². The molecule has 0 bridgehead atoms. The van der Waals surface area contributed by atoms with Gasteiger partial charge in [-0.3, -0.25) is 0 Å². The largest absolute Gasteiger partial charge is 0.306 e. The normalized spacial score (nSPS) is 11.7. The average molecular weight is 211 g/mol. The Bertz CT molecular complexity index is 153. The molecule has 0 N–H and O–H groups in total. The fraction of sp³-hybridized carbons (Fsp3) is 0.917. The first kappa shape index (κ1) is 13.9. The molecule has 0 aromatic heterocycles. The molecule has 0 atom stereocenters. The molecule has 3 radical (unpaired) electrons. The Labute approximate surface area is 92.1 Å². The molecule has 0 heterocycles. The minimum atomic E-state index is 0.139. The molecule has 0 spiro atoms. The zero-order valence-electron chi connectivity index (χ0n) is 9.86. The minimum Gasteiger partial charge on any atom is -0.306 e. The number of carbonyl (C=O) groups excluding carboxylic acids is 1. The third-order valence-corrected chi connectivity index (χ3v) is 3.86. The maximum absolute atomic E-state index is 10.7. The lowest BCUT2D eigenvalue weighted by Gasteiger charge is -2.30. The van der Waals surface area contributed by atoms with Crippen LogP contribution in [-0.4, -0.2) is 15.6 Å². The monoisotopic (exact) mass is 211 g/mol. The fourth-order valence-electron chi connectivity index (χ4n) is 2.07. The molecule has 0 amide bonds. The molecule has 81 valence electrons. The van der Waals surface area contributed by atoms with Crippen molar-refractivity contribution < 1.29 is 4.79 Å². The van der Waals surface area contributed by atoms with Gasteiger partial charge < -0.3 is 4.79 Å². The van der Waals surface area contributed by atoms with Crippen molar-refractivity contribution in [2.75, 3.05) is 0 Å². The summed E-state index contributed by atoms with van der Waals surface area (Å²) in [5, 5.41) is 0.139. The van der Waals surface area contributed by atoms with Crippen molar-refractivity contribution in [3.05, 3.63) is 0 Å². The van der Waals surface area contributed by atoms with Gasteiger partial charge in [-0.1, -0.05) is 46.5 Å². The molecule has 0 saturated carbocycles. The van der Waals surface area contributed by atoms with E-state index < -0.39 is 0 Å². The second kappa shape index (κ2) is 7.21. The number of unbranched alkanes of at least 4 members (excludes halogenated alkanes) is 1. The molecule has 0 aliphatic carbocycles. The van der Waals surface area contributed by atoms with Gasteiger partial charge in [-0.15, -0.1) is 0 Å². The average Bonchev–Trinajstić information content (AvgIpc) is 2.19. The molecule has 0 fully saturated rings. The van der Waals surface area contributed by atoms with Crippen molar-refractivity contribution in [1.29, 1.82) is 0 Å². The van der Waals surface area contributed by atoms with Gasteiger partial charge in [0.25, 0.3) is 0 Å². The zero-order chi connectivity index (χ0) is 11.0. The summed E-state index contributed by atoms with van der Waals surface area (Å²) in [7, 11) is 3.01. The highest BCUT2D eigenvalue weighted by atomic mass is 28.1. The van der Waals surface area contributed by atoms with Crippen molar-refractivity contribution >= 4 is 15.6 Å². The van der Waals surface area contributed by atoms with Crippen LogP contribution in [0, 0.1) is 5.41 Å². The van der Waals surface area contributed by atoms with E-state index in [-0.39, 0.29) is 5.41 Å². The van der Waals surface area contributed by atoms with Crippen LogP contribution in [0.5, 0.6) is 0 Å². The minimum absolute atomic E-state index is 0.139. The molecular weight excluding hydrogens is 188 g/mol. The van der Waals surface area contributed by atoms with Crippen LogP contribution in [0.1, 0.15) is 65.7 Å². The van der Waals surface area contributed by atoms with Crippen LogP contribution in [-0.2, 0) is 4.79 Å². The van der Waals surface area contributed by atoms with E-state index in [1.54, 1.807) is 0 Å². The third-order valence-electron chi connectivity index (χ3n) is 3.61. The molecule has 0 saturated heterocycles. The molecule has 0 aliphatic heterocycles. The first-order chi connectivity index (χ1) is 6.60. The molecule has 0 unspecified atom stereocenters. The van der Waals surface area contributed by atoms with Crippen LogP contribution in [0.3, 0.4) is 0 Å². The Morgan fingerprint density at radius 1 is 1.07 bits per heavy atom. The van der Waals surface area contributed by atoms with Crippen LogP contribution < -0.4 is 0 Å². The van der Waals surface area contributed by atoms with Crippen LogP contribution >= 0.6 is 0 Å².